The maximum absolute atomic E-state index is 13.6. The number of benzene rings is 3. The van der Waals surface area contributed by atoms with E-state index < -0.39 is 6.04 Å². The second-order valence-electron chi connectivity index (χ2n) is 8.61. The van der Waals surface area contributed by atoms with Crippen molar-refractivity contribution in [1.82, 2.24) is 4.90 Å². The Bertz CT molecular complexity index is 1490. The number of hydrogen-bond donors (Lipinski definition) is 1. The van der Waals surface area contributed by atoms with Crippen molar-refractivity contribution in [2.45, 2.75) is 19.4 Å². The molecule has 1 aromatic heterocycles. The predicted octanol–water partition coefficient (Wildman–Crippen LogP) is 4.61. The van der Waals surface area contributed by atoms with E-state index in [2.05, 4.69) is 0 Å². The van der Waals surface area contributed by atoms with Crippen molar-refractivity contribution in [2.75, 3.05) is 20.8 Å². The van der Waals surface area contributed by atoms with E-state index in [1.54, 1.807) is 55.5 Å². The number of ether oxygens (including phenoxy) is 2. The van der Waals surface area contributed by atoms with Gasteiger partial charge in [-0.05, 0) is 60.9 Å². The minimum atomic E-state index is -0.626. The molecule has 1 N–H and O–H groups in total. The number of aromatic hydroxyl groups is 1. The van der Waals surface area contributed by atoms with E-state index in [0.717, 1.165) is 16.7 Å². The van der Waals surface area contributed by atoms with Crippen LogP contribution in [0.2, 0.25) is 0 Å². The fourth-order valence-electron chi connectivity index (χ4n) is 4.65. The third-order valence-electron chi connectivity index (χ3n) is 6.42. The first kappa shape index (κ1) is 22.5. The van der Waals surface area contributed by atoms with Crippen LogP contribution in [0.4, 0.5) is 0 Å². The van der Waals surface area contributed by atoms with Crippen molar-refractivity contribution >= 4 is 16.9 Å². The third kappa shape index (κ3) is 3.89. The van der Waals surface area contributed by atoms with Crippen LogP contribution in [0, 0.1) is 6.92 Å². The minimum Gasteiger partial charge on any atom is -0.508 e. The maximum atomic E-state index is 13.6. The first-order valence-electron chi connectivity index (χ1n) is 11.3. The molecular weight excluding hydrogens is 446 g/mol. The number of carbonyl (C=O) groups is 1. The first-order chi connectivity index (χ1) is 16.9. The molecule has 1 amide bonds. The van der Waals surface area contributed by atoms with Crippen LogP contribution in [0.25, 0.3) is 11.0 Å². The molecule has 0 saturated heterocycles. The average molecular weight is 472 g/mol. The van der Waals surface area contributed by atoms with Crippen molar-refractivity contribution in [3.8, 4) is 17.2 Å². The van der Waals surface area contributed by atoms with Crippen LogP contribution in [0.1, 0.15) is 38.9 Å². The first-order valence-corrected chi connectivity index (χ1v) is 11.3. The molecule has 7 nitrogen and oxygen atoms in total. The Morgan fingerprint density at radius 3 is 2.40 bits per heavy atom. The molecule has 3 aromatic carbocycles. The minimum absolute atomic E-state index is 0.0664. The van der Waals surface area contributed by atoms with E-state index in [0.29, 0.717) is 41.0 Å². The SMILES string of the molecule is COc1ccc(CCN2C(=O)c3oc4ccc(C)cc4c(=O)c3[C@H]2c2ccc(O)cc2)cc1OC. The van der Waals surface area contributed by atoms with Gasteiger partial charge in [0.2, 0.25) is 5.76 Å². The molecule has 4 aromatic rings. The summed E-state index contributed by atoms with van der Waals surface area (Å²) < 4.78 is 16.7. The summed E-state index contributed by atoms with van der Waals surface area (Å²) in [6, 6.07) is 16.9. The lowest BCUT2D eigenvalue weighted by atomic mass is 9.98. The van der Waals surface area contributed by atoms with Gasteiger partial charge in [0.15, 0.2) is 16.9 Å². The van der Waals surface area contributed by atoms with Crippen LogP contribution in [0.5, 0.6) is 17.2 Å². The number of phenolic OH excluding ortho intramolecular Hbond substituents is 1. The number of aryl methyl sites for hydroxylation is 1. The van der Waals surface area contributed by atoms with Gasteiger partial charge in [-0.15, -0.1) is 0 Å². The smallest absolute Gasteiger partial charge is 0.290 e. The largest absolute Gasteiger partial charge is 0.508 e. The van der Waals surface area contributed by atoms with Gasteiger partial charge in [-0.3, -0.25) is 9.59 Å². The molecule has 2 heterocycles. The van der Waals surface area contributed by atoms with Gasteiger partial charge in [0.05, 0.1) is 31.2 Å². The van der Waals surface area contributed by atoms with Crippen LogP contribution < -0.4 is 14.9 Å². The number of carbonyl (C=O) groups excluding carboxylic acids is 1. The Balaban J connectivity index is 1.58. The molecule has 0 bridgehead atoms. The number of amides is 1. The summed E-state index contributed by atoms with van der Waals surface area (Å²) in [6.45, 7) is 2.25. The highest BCUT2D eigenvalue weighted by Crippen LogP contribution is 2.39. The molecule has 7 heteroatoms. The quantitative estimate of drug-likeness (QED) is 0.442. The fourth-order valence-corrected chi connectivity index (χ4v) is 4.65. The second kappa shape index (κ2) is 8.83. The molecule has 0 unspecified atom stereocenters. The van der Waals surface area contributed by atoms with Gasteiger partial charge in [-0.25, -0.2) is 0 Å². The molecule has 1 aliphatic rings. The van der Waals surface area contributed by atoms with E-state index in [4.69, 9.17) is 13.9 Å². The Morgan fingerprint density at radius 2 is 1.69 bits per heavy atom. The van der Waals surface area contributed by atoms with Crippen molar-refractivity contribution in [3.05, 3.63) is 98.9 Å². The number of hydrogen-bond acceptors (Lipinski definition) is 6. The lowest BCUT2D eigenvalue weighted by Crippen LogP contribution is -2.31. The van der Waals surface area contributed by atoms with Crippen LogP contribution in [-0.4, -0.2) is 36.7 Å². The Labute approximate surface area is 202 Å². The van der Waals surface area contributed by atoms with Gasteiger partial charge in [-0.2, -0.15) is 0 Å². The summed E-state index contributed by atoms with van der Waals surface area (Å²) in [6.07, 6.45) is 0.529. The fraction of sp³-hybridized carbons (Fsp3) is 0.214. The van der Waals surface area contributed by atoms with Crippen LogP contribution in [0.15, 0.2) is 69.9 Å². The summed E-state index contributed by atoms with van der Waals surface area (Å²) >= 11 is 0. The van der Waals surface area contributed by atoms with Gasteiger partial charge in [0.25, 0.3) is 5.91 Å². The topological polar surface area (TPSA) is 89.2 Å². The highest BCUT2D eigenvalue weighted by atomic mass is 16.5. The molecule has 1 atom stereocenters. The van der Waals surface area contributed by atoms with E-state index in [-0.39, 0.29) is 22.8 Å². The van der Waals surface area contributed by atoms with E-state index >= 15 is 0 Å². The van der Waals surface area contributed by atoms with Crippen molar-refractivity contribution < 1.29 is 23.8 Å². The van der Waals surface area contributed by atoms with E-state index in [9.17, 15) is 14.7 Å². The van der Waals surface area contributed by atoms with Crippen LogP contribution in [0.3, 0.4) is 0 Å². The molecule has 0 saturated carbocycles. The molecule has 0 spiro atoms. The van der Waals surface area contributed by atoms with E-state index in [1.165, 1.54) is 0 Å². The zero-order valence-electron chi connectivity index (χ0n) is 19.7. The number of rotatable bonds is 6. The lowest BCUT2D eigenvalue weighted by Gasteiger charge is -2.25. The van der Waals surface area contributed by atoms with Gasteiger partial charge in [-0.1, -0.05) is 29.8 Å². The number of phenols is 1. The van der Waals surface area contributed by atoms with Gasteiger partial charge < -0.3 is 23.9 Å². The van der Waals surface area contributed by atoms with Gasteiger partial charge in [0.1, 0.15) is 11.3 Å². The Kier molecular flexibility index (Phi) is 5.68. The molecule has 0 radical (unpaired) electrons. The Hall–Kier alpha value is -4.26. The molecule has 35 heavy (non-hydrogen) atoms. The number of methoxy groups -OCH3 is 2. The maximum Gasteiger partial charge on any atom is 0.290 e. The molecule has 0 fully saturated rings. The normalized spacial score (nSPS) is 14.9. The number of fused-ring (bicyclic) bond motifs is 2. The van der Waals surface area contributed by atoms with Crippen molar-refractivity contribution in [3.63, 3.8) is 0 Å². The Morgan fingerprint density at radius 1 is 0.943 bits per heavy atom. The summed E-state index contributed by atoms with van der Waals surface area (Å²) in [5.41, 5.74) is 3.10. The molecule has 178 valence electrons. The zero-order chi connectivity index (χ0) is 24.7. The van der Waals surface area contributed by atoms with Crippen LogP contribution >= 0.6 is 0 Å². The number of nitrogens with zero attached hydrogens (tertiary/aromatic N) is 1. The molecule has 1 aliphatic heterocycles. The van der Waals surface area contributed by atoms with Gasteiger partial charge >= 0.3 is 0 Å². The summed E-state index contributed by atoms with van der Waals surface area (Å²) in [5, 5.41) is 10.2. The molecule has 0 aliphatic carbocycles. The summed E-state index contributed by atoms with van der Waals surface area (Å²) in [5.74, 6) is 1.07. The monoisotopic (exact) mass is 471 g/mol. The highest BCUT2D eigenvalue weighted by molar-refractivity contribution is 5.99. The van der Waals surface area contributed by atoms with Crippen molar-refractivity contribution in [1.29, 1.82) is 0 Å². The van der Waals surface area contributed by atoms with E-state index in [1.807, 2.05) is 31.2 Å². The second-order valence-corrected chi connectivity index (χ2v) is 8.61. The standard InChI is InChI=1S/C28H25NO6/c1-16-4-10-21-20(14-16)26(31)24-25(18-6-8-19(30)9-7-18)29(28(32)27(24)35-21)13-12-17-5-11-22(33-2)23(15-17)34-3/h4-11,14-15,25,30H,12-13H2,1-3H3/t25-/m1/s1. The summed E-state index contributed by atoms with van der Waals surface area (Å²) in [4.78, 5) is 28.8. The summed E-state index contributed by atoms with van der Waals surface area (Å²) in [7, 11) is 3.15. The highest BCUT2D eigenvalue weighted by Gasteiger charge is 2.42. The van der Waals surface area contributed by atoms with Crippen LogP contribution in [-0.2, 0) is 6.42 Å². The zero-order valence-corrected chi connectivity index (χ0v) is 19.7. The van der Waals surface area contributed by atoms with Crippen molar-refractivity contribution in [2.24, 2.45) is 0 Å². The lowest BCUT2D eigenvalue weighted by molar-refractivity contribution is 0.0730. The predicted molar refractivity (Wildman–Crippen MR) is 131 cm³/mol. The third-order valence-corrected chi connectivity index (χ3v) is 6.42. The average Bonchev–Trinajstić information content (AvgIpc) is 3.15. The molecular formula is C28H25NO6. The van der Waals surface area contributed by atoms with Gasteiger partial charge in [0, 0.05) is 6.54 Å². The molecule has 5 rings (SSSR count).